The summed E-state index contributed by atoms with van der Waals surface area (Å²) in [7, 11) is 0. The molecular weight excluding hydrogens is 304 g/mol. The summed E-state index contributed by atoms with van der Waals surface area (Å²) < 4.78 is 5.39. The number of benzene rings is 1. The van der Waals surface area contributed by atoms with Crippen molar-refractivity contribution in [1.82, 2.24) is 10.1 Å². The molecule has 6 heteroatoms. The van der Waals surface area contributed by atoms with Crippen LogP contribution in [0.15, 0.2) is 28.8 Å². The molecule has 1 aliphatic carbocycles. The fourth-order valence-electron chi connectivity index (χ4n) is 3.23. The molecule has 0 saturated heterocycles. The minimum Gasteiger partial charge on any atom is -0.339 e. The summed E-state index contributed by atoms with van der Waals surface area (Å²) >= 11 is 0. The van der Waals surface area contributed by atoms with E-state index < -0.39 is 0 Å². The first-order chi connectivity index (χ1) is 11.4. The second kappa shape index (κ2) is 6.73. The van der Waals surface area contributed by atoms with Gasteiger partial charge in [-0.2, -0.15) is 4.98 Å². The highest BCUT2D eigenvalue weighted by molar-refractivity contribution is 5.91. The van der Waals surface area contributed by atoms with Gasteiger partial charge in [0.15, 0.2) is 5.82 Å². The number of anilines is 1. The van der Waals surface area contributed by atoms with E-state index in [1.807, 2.05) is 38.1 Å². The van der Waals surface area contributed by atoms with E-state index >= 15 is 0 Å². The van der Waals surface area contributed by atoms with E-state index in [2.05, 4.69) is 15.5 Å². The van der Waals surface area contributed by atoms with Gasteiger partial charge < -0.3 is 15.6 Å². The highest BCUT2D eigenvalue weighted by Gasteiger charge is 2.37. The zero-order valence-electron chi connectivity index (χ0n) is 14.2. The minimum absolute atomic E-state index is 0.0626. The van der Waals surface area contributed by atoms with Crippen LogP contribution in [0.25, 0.3) is 0 Å². The molecule has 1 aliphatic rings. The molecule has 24 heavy (non-hydrogen) atoms. The number of rotatable bonds is 4. The monoisotopic (exact) mass is 328 g/mol. The number of amides is 1. The van der Waals surface area contributed by atoms with Crippen molar-refractivity contribution in [2.24, 2.45) is 5.73 Å². The van der Waals surface area contributed by atoms with Crippen molar-refractivity contribution in [1.29, 1.82) is 0 Å². The van der Waals surface area contributed by atoms with Crippen LogP contribution in [0.5, 0.6) is 0 Å². The maximum atomic E-state index is 12.1. The van der Waals surface area contributed by atoms with Gasteiger partial charge in [0.2, 0.25) is 11.8 Å². The largest absolute Gasteiger partial charge is 0.339 e. The summed E-state index contributed by atoms with van der Waals surface area (Å²) in [5.41, 5.74) is 7.95. The van der Waals surface area contributed by atoms with Crippen LogP contribution >= 0.6 is 0 Å². The number of nitrogens with zero attached hydrogens (tertiary/aromatic N) is 2. The molecule has 1 aromatic heterocycles. The van der Waals surface area contributed by atoms with Crippen molar-refractivity contribution in [3.05, 3.63) is 41.5 Å². The lowest BCUT2D eigenvalue weighted by Crippen LogP contribution is -2.44. The summed E-state index contributed by atoms with van der Waals surface area (Å²) in [6, 6.07) is 7.65. The Hall–Kier alpha value is -2.21. The first-order valence-corrected chi connectivity index (χ1v) is 8.42. The fraction of sp³-hybridized carbons (Fsp3) is 0.500. The Morgan fingerprint density at radius 2 is 2.12 bits per heavy atom. The summed E-state index contributed by atoms with van der Waals surface area (Å²) in [5, 5.41) is 6.79. The standard InChI is InChI=1S/C18H24N4O2/c1-12-6-8-13(9-7-12)20-16(23)11-15-21-17(24-22-15)14-5-3-4-10-18(14,2)19/h6-9,14H,3-5,10-11,19H2,1-2H3,(H,20,23). The van der Waals surface area contributed by atoms with Gasteiger partial charge in [-0.15, -0.1) is 0 Å². The van der Waals surface area contributed by atoms with E-state index in [4.69, 9.17) is 10.3 Å². The summed E-state index contributed by atoms with van der Waals surface area (Å²) in [6.45, 7) is 4.04. The number of carbonyl (C=O) groups is 1. The highest BCUT2D eigenvalue weighted by atomic mass is 16.5. The Labute approximate surface area is 141 Å². The van der Waals surface area contributed by atoms with Crippen molar-refractivity contribution in [3.8, 4) is 0 Å². The molecule has 0 radical (unpaired) electrons. The fourth-order valence-corrected chi connectivity index (χ4v) is 3.23. The lowest BCUT2D eigenvalue weighted by atomic mass is 9.74. The van der Waals surface area contributed by atoms with E-state index in [-0.39, 0.29) is 23.8 Å². The van der Waals surface area contributed by atoms with Crippen molar-refractivity contribution >= 4 is 11.6 Å². The third kappa shape index (κ3) is 3.82. The number of aromatic nitrogens is 2. The zero-order valence-corrected chi connectivity index (χ0v) is 14.2. The maximum Gasteiger partial charge on any atom is 0.232 e. The first kappa shape index (κ1) is 16.6. The normalized spacial score (nSPS) is 23.9. The lowest BCUT2D eigenvalue weighted by Gasteiger charge is -2.35. The molecule has 0 spiro atoms. The van der Waals surface area contributed by atoms with Gasteiger partial charge in [0.1, 0.15) is 0 Å². The van der Waals surface area contributed by atoms with Crippen molar-refractivity contribution in [2.45, 2.75) is 57.4 Å². The summed E-state index contributed by atoms with van der Waals surface area (Å²) in [5.74, 6) is 0.854. The van der Waals surface area contributed by atoms with Gasteiger partial charge in [-0.25, -0.2) is 0 Å². The van der Waals surface area contributed by atoms with Crippen LogP contribution in [0.2, 0.25) is 0 Å². The van der Waals surface area contributed by atoms with Gasteiger partial charge in [-0.05, 0) is 38.8 Å². The molecule has 3 N–H and O–H groups in total. The third-order valence-electron chi connectivity index (χ3n) is 4.69. The molecule has 6 nitrogen and oxygen atoms in total. The number of hydrogen-bond acceptors (Lipinski definition) is 5. The van der Waals surface area contributed by atoms with Crippen molar-refractivity contribution < 1.29 is 9.32 Å². The van der Waals surface area contributed by atoms with Crippen LogP contribution in [0, 0.1) is 6.92 Å². The summed E-state index contributed by atoms with van der Waals surface area (Å²) in [4.78, 5) is 16.5. The van der Waals surface area contributed by atoms with Gasteiger partial charge in [0.05, 0.1) is 12.3 Å². The SMILES string of the molecule is Cc1ccc(NC(=O)Cc2noc(C3CCCCC3(C)N)n2)cc1. The molecule has 3 rings (SSSR count). The molecule has 1 saturated carbocycles. The predicted molar refractivity (Wildman–Crippen MR) is 91.6 cm³/mol. The van der Waals surface area contributed by atoms with E-state index in [1.165, 1.54) is 0 Å². The Kier molecular flexibility index (Phi) is 4.66. The van der Waals surface area contributed by atoms with E-state index in [1.54, 1.807) is 0 Å². The van der Waals surface area contributed by atoms with Gasteiger partial charge in [-0.3, -0.25) is 4.79 Å². The smallest absolute Gasteiger partial charge is 0.232 e. The van der Waals surface area contributed by atoms with Crippen LogP contribution in [-0.2, 0) is 11.2 Å². The van der Waals surface area contributed by atoms with Crippen molar-refractivity contribution in [2.75, 3.05) is 5.32 Å². The molecule has 0 aliphatic heterocycles. The average molecular weight is 328 g/mol. The Bertz CT molecular complexity index is 706. The van der Waals surface area contributed by atoms with E-state index in [9.17, 15) is 4.79 Å². The van der Waals surface area contributed by atoms with Crippen LogP contribution in [0.4, 0.5) is 5.69 Å². The third-order valence-corrected chi connectivity index (χ3v) is 4.69. The molecule has 2 aromatic rings. The second-order valence-corrected chi connectivity index (χ2v) is 6.94. The average Bonchev–Trinajstić information content (AvgIpc) is 2.97. The molecule has 2 atom stereocenters. The first-order valence-electron chi connectivity index (χ1n) is 8.42. The topological polar surface area (TPSA) is 94.0 Å². The Morgan fingerprint density at radius 1 is 1.38 bits per heavy atom. The quantitative estimate of drug-likeness (QED) is 0.900. The van der Waals surface area contributed by atoms with Gasteiger partial charge in [-0.1, -0.05) is 35.7 Å². The zero-order chi connectivity index (χ0) is 17.2. The molecule has 2 unspecified atom stereocenters. The van der Waals surface area contributed by atoms with Gasteiger partial charge >= 0.3 is 0 Å². The number of carbonyl (C=O) groups excluding carboxylic acids is 1. The molecule has 128 valence electrons. The number of nitrogens with two attached hydrogens (primary N) is 1. The van der Waals surface area contributed by atoms with Gasteiger partial charge in [0.25, 0.3) is 0 Å². The highest BCUT2D eigenvalue weighted by Crippen LogP contribution is 2.38. The number of hydrogen-bond donors (Lipinski definition) is 2. The lowest BCUT2D eigenvalue weighted by molar-refractivity contribution is -0.115. The van der Waals surface area contributed by atoms with Gasteiger partial charge in [0, 0.05) is 11.2 Å². The van der Waals surface area contributed by atoms with E-state index in [0.29, 0.717) is 11.7 Å². The van der Waals surface area contributed by atoms with Crippen LogP contribution < -0.4 is 11.1 Å². The minimum atomic E-state index is -0.327. The predicted octanol–water partition coefficient (Wildman–Crippen LogP) is 2.93. The Balaban J connectivity index is 1.63. The molecule has 1 amide bonds. The van der Waals surface area contributed by atoms with Crippen molar-refractivity contribution in [3.63, 3.8) is 0 Å². The Morgan fingerprint density at radius 3 is 2.83 bits per heavy atom. The second-order valence-electron chi connectivity index (χ2n) is 6.94. The molecule has 1 fully saturated rings. The molecular formula is C18H24N4O2. The molecule has 0 bridgehead atoms. The van der Waals surface area contributed by atoms with Crippen LogP contribution in [-0.4, -0.2) is 21.6 Å². The molecule has 1 aromatic carbocycles. The number of aryl methyl sites for hydroxylation is 1. The van der Waals surface area contributed by atoms with Crippen LogP contribution in [0.3, 0.4) is 0 Å². The van der Waals surface area contributed by atoms with E-state index in [0.717, 1.165) is 36.9 Å². The number of nitrogens with one attached hydrogen (secondary N) is 1. The molecule has 1 heterocycles. The maximum absolute atomic E-state index is 12.1. The van der Waals surface area contributed by atoms with Crippen LogP contribution in [0.1, 0.15) is 55.8 Å². The summed E-state index contributed by atoms with van der Waals surface area (Å²) in [6.07, 6.45) is 4.23.